The van der Waals surface area contributed by atoms with Gasteiger partial charge in [-0.25, -0.2) is 18.9 Å². The molecule has 1 atom stereocenters. The summed E-state index contributed by atoms with van der Waals surface area (Å²) in [5.41, 5.74) is 1.17. The van der Waals surface area contributed by atoms with E-state index in [4.69, 9.17) is 11.6 Å². The number of aromatic nitrogens is 4. The van der Waals surface area contributed by atoms with Gasteiger partial charge in [-0.1, -0.05) is 42.4 Å². The molecular weight excluding hydrogens is 386 g/mol. The van der Waals surface area contributed by atoms with Gasteiger partial charge in [0.2, 0.25) is 5.91 Å². The van der Waals surface area contributed by atoms with Crippen LogP contribution in [0.4, 0.5) is 0 Å². The largest absolute Gasteiger partial charge is 0.352 e. The van der Waals surface area contributed by atoms with Crippen molar-refractivity contribution in [3.05, 3.63) is 57.7 Å². The zero-order valence-corrected chi connectivity index (χ0v) is 16.6. The average molecular weight is 406 g/mol. The second kappa shape index (κ2) is 8.58. The lowest BCUT2D eigenvalue weighted by Gasteiger charge is -2.10. The minimum atomic E-state index is -0.361. The van der Waals surface area contributed by atoms with Crippen LogP contribution in [0.25, 0.3) is 5.65 Å². The van der Waals surface area contributed by atoms with Crippen molar-refractivity contribution < 1.29 is 4.79 Å². The number of benzene rings is 1. The fraction of sp³-hybridized carbons (Fsp3) is 0.333. The van der Waals surface area contributed by atoms with Crippen molar-refractivity contribution in [1.82, 2.24) is 24.5 Å². The van der Waals surface area contributed by atoms with Crippen molar-refractivity contribution >= 4 is 34.9 Å². The second-order valence-electron chi connectivity index (χ2n) is 6.16. The normalized spacial score (nSPS) is 12.3. The second-order valence-corrected chi connectivity index (χ2v) is 7.56. The van der Waals surface area contributed by atoms with Crippen LogP contribution in [0.2, 0.25) is 5.02 Å². The van der Waals surface area contributed by atoms with Crippen molar-refractivity contribution in [3.8, 4) is 0 Å². The summed E-state index contributed by atoms with van der Waals surface area (Å²) in [5, 5.41) is 8.46. The van der Waals surface area contributed by atoms with E-state index in [-0.39, 0.29) is 24.2 Å². The van der Waals surface area contributed by atoms with Crippen molar-refractivity contribution in [2.45, 2.75) is 43.6 Å². The van der Waals surface area contributed by atoms with Crippen molar-refractivity contribution in [2.24, 2.45) is 0 Å². The molecule has 0 bridgehead atoms. The SMILES string of the molecule is CC[C@H](C)NC(=O)Cn1nc2c(SCc3ccc(Cl)cc3)nccn2c1=O. The van der Waals surface area contributed by atoms with E-state index in [1.807, 2.05) is 38.1 Å². The van der Waals surface area contributed by atoms with Crippen LogP contribution in [0, 0.1) is 0 Å². The average Bonchev–Trinajstić information content (AvgIpc) is 2.97. The van der Waals surface area contributed by atoms with Crippen molar-refractivity contribution in [3.63, 3.8) is 0 Å². The molecule has 2 aromatic heterocycles. The van der Waals surface area contributed by atoms with Gasteiger partial charge in [0, 0.05) is 29.2 Å². The Hall–Kier alpha value is -2.32. The van der Waals surface area contributed by atoms with Crippen LogP contribution in [0.5, 0.6) is 0 Å². The quantitative estimate of drug-likeness (QED) is 0.611. The standard InChI is InChI=1S/C18H20ClN5O2S/c1-3-12(2)21-15(25)10-24-18(26)23-9-8-20-17(16(23)22-24)27-11-13-4-6-14(19)7-5-13/h4-9,12H,3,10-11H2,1-2H3,(H,21,25)/t12-/m0/s1. The summed E-state index contributed by atoms with van der Waals surface area (Å²) in [7, 11) is 0. The Morgan fingerprint density at radius 2 is 2.07 bits per heavy atom. The maximum Gasteiger partial charge on any atom is 0.350 e. The summed E-state index contributed by atoms with van der Waals surface area (Å²) < 4.78 is 2.58. The lowest BCUT2D eigenvalue weighted by Crippen LogP contribution is -2.37. The number of amides is 1. The molecule has 0 radical (unpaired) electrons. The first-order valence-electron chi connectivity index (χ1n) is 8.58. The molecule has 0 unspecified atom stereocenters. The van der Waals surface area contributed by atoms with E-state index in [0.29, 0.717) is 21.4 Å². The Morgan fingerprint density at radius 3 is 2.78 bits per heavy atom. The number of halogens is 1. The van der Waals surface area contributed by atoms with E-state index in [0.717, 1.165) is 12.0 Å². The first-order valence-corrected chi connectivity index (χ1v) is 9.95. The molecular formula is C18H20ClN5O2S. The molecule has 142 valence electrons. The van der Waals surface area contributed by atoms with Gasteiger partial charge in [0.15, 0.2) is 5.65 Å². The van der Waals surface area contributed by atoms with Gasteiger partial charge in [0.05, 0.1) is 0 Å². The number of rotatable bonds is 7. The number of carbonyl (C=O) groups is 1. The molecule has 0 aliphatic heterocycles. The van der Waals surface area contributed by atoms with E-state index in [2.05, 4.69) is 15.4 Å². The maximum absolute atomic E-state index is 12.5. The van der Waals surface area contributed by atoms with Gasteiger partial charge in [0.25, 0.3) is 0 Å². The third-order valence-electron chi connectivity index (χ3n) is 4.07. The Kier molecular flexibility index (Phi) is 6.18. The van der Waals surface area contributed by atoms with Crippen molar-refractivity contribution in [1.29, 1.82) is 0 Å². The smallest absolute Gasteiger partial charge is 0.350 e. The Morgan fingerprint density at radius 1 is 1.33 bits per heavy atom. The Balaban J connectivity index is 1.80. The molecule has 1 N–H and O–H groups in total. The Bertz CT molecular complexity index is 999. The van der Waals surface area contributed by atoms with Crippen LogP contribution in [0.3, 0.4) is 0 Å². The topological polar surface area (TPSA) is 81.3 Å². The molecule has 2 heterocycles. The monoisotopic (exact) mass is 405 g/mol. The molecule has 0 aliphatic carbocycles. The molecule has 0 spiro atoms. The first kappa shape index (κ1) is 19.4. The van der Waals surface area contributed by atoms with E-state index < -0.39 is 0 Å². The predicted octanol–water partition coefficient (Wildman–Crippen LogP) is 2.75. The molecule has 1 aromatic carbocycles. The molecule has 0 fully saturated rings. The summed E-state index contributed by atoms with van der Waals surface area (Å²) in [5.74, 6) is 0.428. The summed E-state index contributed by atoms with van der Waals surface area (Å²) in [6, 6.07) is 7.61. The van der Waals surface area contributed by atoms with Crippen molar-refractivity contribution in [2.75, 3.05) is 0 Å². The molecule has 3 aromatic rings. The molecule has 0 aliphatic rings. The zero-order valence-electron chi connectivity index (χ0n) is 15.1. The van der Waals surface area contributed by atoms with E-state index >= 15 is 0 Å². The van der Waals surface area contributed by atoms with Crippen LogP contribution in [0.15, 0.2) is 46.5 Å². The highest BCUT2D eigenvalue weighted by molar-refractivity contribution is 7.98. The van der Waals surface area contributed by atoms with Crippen LogP contribution in [0.1, 0.15) is 25.8 Å². The van der Waals surface area contributed by atoms with Crippen LogP contribution in [-0.4, -0.2) is 31.1 Å². The van der Waals surface area contributed by atoms with E-state index in [1.54, 1.807) is 12.4 Å². The van der Waals surface area contributed by atoms with E-state index in [1.165, 1.54) is 20.8 Å². The summed E-state index contributed by atoms with van der Waals surface area (Å²) in [4.78, 5) is 28.9. The fourth-order valence-corrected chi connectivity index (χ4v) is 3.45. The molecule has 7 nitrogen and oxygen atoms in total. The summed E-state index contributed by atoms with van der Waals surface area (Å²) >= 11 is 7.38. The molecule has 9 heteroatoms. The highest BCUT2D eigenvalue weighted by Crippen LogP contribution is 2.24. The van der Waals surface area contributed by atoms with Gasteiger partial charge in [-0.3, -0.25) is 4.79 Å². The molecule has 0 saturated carbocycles. The first-order chi connectivity index (χ1) is 13.0. The highest BCUT2D eigenvalue weighted by atomic mass is 35.5. The lowest BCUT2D eigenvalue weighted by atomic mass is 10.2. The van der Waals surface area contributed by atoms with Gasteiger partial charge in [-0.15, -0.1) is 5.10 Å². The van der Waals surface area contributed by atoms with Gasteiger partial charge in [-0.05, 0) is 31.0 Å². The van der Waals surface area contributed by atoms with Crippen LogP contribution in [-0.2, 0) is 17.1 Å². The summed E-state index contributed by atoms with van der Waals surface area (Å²) in [6.07, 6.45) is 3.94. The number of carbonyl (C=O) groups excluding carboxylic acids is 1. The number of fused-ring (bicyclic) bond motifs is 1. The third-order valence-corrected chi connectivity index (χ3v) is 5.36. The van der Waals surface area contributed by atoms with Gasteiger partial charge in [0.1, 0.15) is 11.6 Å². The number of nitrogens with one attached hydrogen (secondary N) is 1. The lowest BCUT2D eigenvalue weighted by molar-refractivity contribution is -0.122. The summed E-state index contributed by atoms with van der Waals surface area (Å²) in [6.45, 7) is 3.78. The van der Waals surface area contributed by atoms with Gasteiger partial charge in [-0.2, -0.15) is 0 Å². The van der Waals surface area contributed by atoms with Gasteiger partial charge < -0.3 is 5.32 Å². The van der Waals surface area contributed by atoms with Gasteiger partial charge >= 0.3 is 5.69 Å². The number of hydrogen-bond donors (Lipinski definition) is 1. The number of thioether (sulfide) groups is 1. The van der Waals surface area contributed by atoms with Crippen LogP contribution >= 0.6 is 23.4 Å². The molecule has 27 heavy (non-hydrogen) atoms. The third kappa shape index (κ3) is 4.70. The molecule has 0 saturated heterocycles. The number of hydrogen-bond acceptors (Lipinski definition) is 5. The van der Waals surface area contributed by atoms with E-state index in [9.17, 15) is 9.59 Å². The van der Waals surface area contributed by atoms with Crippen LogP contribution < -0.4 is 11.0 Å². The zero-order chi connectivity index (χ0) is 19.4. The highest BCUT2D eigenvalue weighted by Gasteiger charge is 2.15. The predicted molar refractivity (Wildman–Crippen MR) is 106 cm³/mol. The maximum atomic E-state index is 12.5. The minimum absolute atomic E-state index is 0.0531. The Labute approximate surface area is 165 Å². The number of nitrogens with zero attached hydrogens (tertiary/aromatic N) is 4. The molecule has 3 rings (SSSR count). The fourth-order valence-electron chi connectivity index (χ4n) is 2.42. The molecule has 1 amide bonds. The minimum Gasteiger partial charge on any atom is -0.352 e.